The van der Waals surface area contributed by atoms with Crippen LogP contribution in [0.3, 0.4) is 0 Å². The maximum absolute atomic E-state index is 11.8. The Labute approximate surface area is 124 Å². The van der Waals surface area contributed by atoms with E-state index in [1.165, 1.54) is 0 Å². The Balaban J connectivity index is 1.37. The standard InChI is InChI=1S/C14H16BrNO4/c1-2-18-11(17)16-12-5-8-6(12)10-7(12)9(5)13(8,15)14(10)19-3-4-20-14/h5-10H,2-4H2,1H3,(H,16,17)/t5?,6-,7-,8+,9+,10?,12?,13?/m0/s1. The minimum Gasteiger partial charge on any atom is -0.450 e. The van der Waals surface area contributed by atoms with Crippen molar-refractivity contribution >= 4 is 22.0 Å². The van der Waals surface area contributed by atoms with Gasteiger partial charge in [0.15, 0.2) is 5.79 Å². The third-order valence-corrected chi connectivity index (χ3v) is 8.84. The van der Waals surface area contributed by atoms with E-state index in [4.69, 9.17) is 14.2 Å². The maximum atomic E-state index is 11.8. The molecule has 7 aliphatic rings. The Kier molecular flexibility index (Phi) is 1.57. The van der Waals surface area contributed by atoms with Crippen LogP contribution in [0.1, 0.15) is 6.92 Å². The Bertz CT molecular complexity index is 539. The SMILES string of the molecule is CCOC(=O)NC12C3[C@@H]4[C@H]1C1[C@@H]2[C@@H]3C4(Br)C12OCCO2. The zero-order valence-corrected chi connectivity index (χ0v) is 12.7. The van der Waals surface area contributed by atoms with Gasteiger partial charge in [-0.15, -0.1) is 0 Å². The van der Waals surface area contributed by atoms with Crippen LogP contribution in [-0.4, -0.2) is 41.6 Å². The lowest BCUT2D eigenvalue weighted by Gasteiger charge is -2.91. The molecule has 6 aliphatic carbocycles. The van der Waals surface area contributed by atoms with E-state index in [-0.39, 0.29) is 16.0 Å². The van der Waals surface area contributed by atoms with Crippen LogP contribution in [0.25, 0.3) is 0 Å². The summed E-state index contributed by atoms with van der Waals surface area (Å²) in [7, 11) is 0. The molecule has 6 saturated carbocycles. The summed E-state index contributed by atoms with van der Waals surface area (Å²) in [4.78, 5) is 11.8. The van der Waals surface area contributed by atoms with Crippen LogP contribution >= 0.6 is 15.9 Å². The topological polar surface area (TPSA) is 56.8 Å². The lowest BCUT2D eigenvalue weighted by Crippen LogP contribution is -2.99. The molecule has 5 nitrogen and oxygen atoms in total. The number of alkyl carbamates (subject to hydrolysis) is 1. The summed E-state index contributed by atoms with van der Waals surface area (Å²) in [5, 5.41) is 3.18. The highest BCUT2D eigenvalue weighted by Crippen LogP contribution is 3.01. The second-order valence-corrected chi connectivity index (χ2v) is 8.38. The molecule has 6 heteroatoms. The molecule has 108 valence electrons. The minimum absolute atomic E-state index is 0.0162. The summed E-state index contributed by atoms with van der Waals surface area (Å²) < 4.78 is 17.3. The first kappa shape index (κ1) is 11.3. The monoisotopic (exact) mass is 341 g/mol. The Morgan fingerprint density at radius 3 is 2.40 bits per heavy atom. The van der Waals surface area contributed by atoms with Gasteiger partial charge in [0.2, 0.25) is 0 Å². The van der Waals surface area contributed by atoms with E-state index < -0.39 is 5.79 Å². The minimum atomic E-state index is -0.398. The summed E-state index contributed by atoms with van der Waals surface area (Å²) in [6, 6.07) is 0. The van der Waals surface area contributed by atoms with E-state index in [1.807, 2.05) is 6.92 Å². The molecule has 1 heterocycles. The molecule has 0 aromatic heterocycles. The molecule has 0 aromatic rings. The van der Waals surface area contributed by atoms with E-state index in [0.717, 1.165) is 0 Å². The van der Waals surface area contributed by atoms with Gasteiger partial charge >= 0.3 is 6.09 Å². The third kappa shape index (κ3) is 0.669. The predicted molar refractivity (Wildman–Crippen MR) is 70.1 cm³/mol. The van der Waals surface area contributed by atoms with E-state index >= 15 is 0 Å². The molecule has 0 aromatic carbocycles. The second kappa shape index (κ2) is 2.79. The molecule has 1 aliphatic heterocycles. The predicted octanol–water partition coefficient (Wildman–Crippen LogP) is 1.11. The average molecular weight is 342 g/mol. The summed E-state index contributed by atoms with van der Waals surface area (Å²) >= 11 is 4.00. The highest BCUT2D eigenvalue weighted by Gasteiger charge is 3.09. The highest BCUT2D eigenvalue weighted by atomic mass is 79.9. The molecule has 0 unspecified atom stereocenters. The zero-order chi connectivity index (χ0) is 13.5. The smallest absolute Gasteiger partial charge is 0.407 e. The van der Waals surface area contributed by atoms with Crippen LogP contribution in [0.2, 0.25) is 0 Å². The van der Waals surface area contributed by atoms with E-state index in [2.05, 4.69) is 21.2 Å². The van der Waals surface area contributed by atoms with Gasteiger partial charge in [-0.2, -0.15) is 0 Å². The van der Waals surface area contributed by atoms with Gasteiger partial charge < -0.3 is 19.5 Å². The van der Waals surface area contributed by atoms with Gasteiger partial charge in [0.25, 0.3) is 0 Å². The largest absolute Gasteiger partial charge is 0.450 e. The number of nitrogens with one attached hydrogen (secondary N) is 1. The van der Waals surface area contributed by atoms with E-state index in [0.29, 0.717) is 55.3 Å². The molecule has 20 heavy (non-hydrogen) atoms. The average Bonchev–Trinajstić information content (AvgIpc) is 2.96. The van der Waals surface area contributed by atoms with Crippen molar-refractivity contribution in [1.82, 2.24) is 5.32 Å². The quantitative estimate of drug-likeness (QED) is 0.764. The van der Waals surface area contributed by atoms with Crippen LogP contribution < -0.4 is 5.32 Å². The van der Waals surface area contributed by atoms with Gasteiger partial charge in [0, 0.05) is 5.92 Å². The van der Waals surface area contributed by atoms with Crippen LogP contribution in [-0.2, 0) is 14.2 Å². The fourth-order valence-corrected chi connectivity index (χ4v) is 8.84. The molecule has 7 rings (SSSR count). The number of carbonyl (C=O) groups is 1. The summed E-state index contributed by atoms with van der Waals surface area (Å²) in [5.74, 6) is 2.94. The van der Waals surface area contributed by atoms with Gasteiger partial charge in [0.05, 0.1) is 29.7 Å². The zero-order valence-electron chi connectivity index (χ0n) is 11.1. The number of amides is 1. The van der Waals surface area contributed by atoms with Crippen molar-refractivity contribution in [3.05, 3.63) is 0 Å². The first-order valence-corrected chi connectivity index (χ1v) is 8.35. The molecule has 7 fully saturated rings. The number of rotatable bonds is 2. The Morgan fingerprint density at radius 1 is 1.20 bits per heavy atom. The summed E-state index contributed by atoms with van der Waals surface area (Å²) in [6.07, 6.45) is -0.255. The van der Waals surface area contributed by atoms with E-state index in [1.54, 1.807) is 0 Å². The van der Waals surface area contributed by atoms with Crippen LogP contribution in [0, 0.1) is 35.5 Å². The number of alkyl halides is 1. The van der Waals surface area contributed by atoms with Gasteiger partial charge in [-0.25, -0.2) is 4.79 Å². The number of hydrogen-bond acceptors (Lipinski definition) is 4. The lowest BCUT2D eigenvalue weighted by molar-refractivity contribution is -0.391. The maximum Gasteiger partial charge on any atom is 0.407 e. The summed E-state index contributed by atoms with van der Waals surface area (Å²) in [5.41, 5.74) is 0.0162. The Morgan fingerprint density at radius 2 is 1.80 bits per heavy atom. The van der Waals surface area contributed by atoms with Crippen molar-refractivity contribution in [3.8, 4) is 0 Å². The second-order valence-electron chi connectivity index (χ2n) is 7.07. The fraction of sp³-hybridized carbons (Fsp3) is 0.929. The number of carbonyl (C=O) groups excluding carboxylic acids is 1. The first-order chi connectivity index (χ1) is 9.64. The number of halogens is 1. The number of hydrogen-bond donors (Lipinski definition) is 1. The normalized spacial score (nSPS) is 63.9. The van der Waals surface area contributed by atoms with Gasteiger partial charge in [-0.3, -0.25) is 0 Å². The van der Waals surface area contributed by atoms with Crippen LogP contribution in [0.4, 0.5) is 4.79 Å². The van der Waals surface area contributed by atoms with Crippen molar-refractivity contribution in [2.24, 2.45) is 35.5 Å². The first-order valence-electron chi connectivity index (χ1n) is 7.56. The van der Waals surface area contributed by atoms with Crippen molar-refractivity contribution in [2.45, 2.75) is 22.6 Å². The van der Waals surface area contributed by atoms with Crippen LogP contribution in [0.5, 0.6) is 0 Å². The van der Waals surface area contributed by atoms with Crippen molar-refractivity contribution in [3.63, 3.8) is 0 Å². The van der Waals surface area contributed by atoms with Crippen molar-refractivity contribution in [1.29, 1.82) is 0 Å². The Hall–Kier alpha value is -0.330. The van der Waals surface area contributed by atoms with Gasteiger partial charge in [-0.05, 0) is 36.5 Å². The third-order valence-electron chi connectivity index (χ3n) is 7.23. The van der Waals surface area contributed by atoms with Gasteiger partial charge in [-0.1, -0.05) is 15.9 Å². The molecule has 1 spiro atoms. The highest BCUT2D eigenvalue weighted by molar-refractivity contribution is 9.10. The molecule has 0 radical (unpaired) electrons. The molecule has 1 N–H and O–H groups in total. The molecule has 4 atom stereocenters. The lowest BCUT2D eigenvalue weighted by atomic mass is 9.16. The molecule has 1 amide bonds. The van der Waals surface area contributed by atoms with Crippen molar-refractivity contribution in [2.75, 3.05) is 19.8 Å². The van der Waals surface area contributed by atoms with Crippen molar-refractivity contribution < 1.29 is 19.0 Å². The molecule has 1 saturated heterocycles. The van der Waals surface area contributed by atoms with Crippen LogP contribution in [0.15, 0.2) is 0 Å². The summed E-state index contributed by atoms with van der Waals surface area (Å²) in [6.45, 7) is 3.67. The molecular formula is C14H16BrNO4. The molecule has 2 bridgehead atoms. The number of ether oxygens (including phenoxy) is 3. The molecular weight excluding hydrogens is 326 g/mol. The fourth-order valence-electron chi connectivity index (χ4n) is 7.21. The van der Waals surface area contributed by atoms with Gasteiger partial charge in [0.1, 0.15) is 0 Å². The van der Waals surface area contributed by atoms with E-state index in [9.17, 15) is 4.79 Å².